The van der Waals surface area contributed by atoms with E-state index >= 15 is 0 Å². The van der Waals surface area contributed by atoms with Crippen LogP contribution < -0.4 is 14.2 Å². The Morgan fingerprint density at radius 2 is 1.91 bits per heavy atom. The molecule has 0 fully saturated rings. The minimum Gasteiger partial charge on any atom is -0.493 e. The molecule has 0 N–H and O–H groups in total. The van der Waals surface area contributed by atoms with E-state index < -0.39 is 5.92 Å². The maximum Gasteiger partial charge on any atom is 0.228 e. The Kier molecular flexibility index (Phi) is 5.01. The number of methoxy groups -OCH3 is 2. The molecule has 0 aliphatic carbocycles. The molecule has 9 heteroatoms. The van der Waals surface area contributed by atoms with Crippen molar-refractivity contribution in [1.29, 1.82) is 0 Å². The van der Waals surface area contributed by atoms with Gasteiger partial charge in [0.05, 0.1) is 25.7 Å². The zero-order chi connectivity index (χ0) is 23.1. The van der Waals surface area contributed by atoms with Crippen LogP contribution in [0, 0.1) is 0 Å². The van der Waals surface area contributed by atoms with E-state index in [1.807, 2.05) is 36.4 Å². The molecule has 4 aromatic rings. The van der Waals surface area contributed by atoms with E-state index in [4.69, 9.17) is 19.2 Å². The first-order valence-corrected chi connectivity index (χ1v) is 10.3. The molecule has 0 bridgehead atoms. The number of allylic oxidation sites excluding steroid dienone is 2. The highest BCUT2D eigenvalue weighted by Gasteiger charge is 2.36. The molecule has 5 rings (SSSR count). The lowest BCUT2D eigenvalue weighted by Crippen LogP contribution is -2.22. The lowest BCUT2D eigenvalue weighted by Gasteiger charge is -2.28. The monoisotopic (exact) mass is 443 g/mol. The summed E-state index contributed by atoms with van der Waals surface area (Å²) in [6, 6.07) is 11.1. The first-order chi connectivity index (χ1) is 16.0. The second-order valence-corrected chi connectivity index (χ2v) is 7.56. The van der Waals surface area contributed by atoms with E-state index in [0.717, 1.165) is 5.56 Å². The number of benzene rings is 1. The highest BCUT2D eigenvalue weighted by atomic mass is 16.5. The van der Waals surface area contributed by atoms with Gasteiger partial charge in [0, 0.05) is 11.8 Å². The number of aromatic nitrogens is 5. The second-order valence-electron chi connectivity index (χ2n) is 7.56. The average Bonchev–Trinajstić information content (AvgIpc) is 3.27. The number of hydrogen-bond donors (Lipinski definition) is 0. The highest BCUT2D eigenvalue weighted by molar-refractivity contribution is 5.97. The smallest absolute Gasteiger partial charge is 0.228 e. The number of nitrogens with zero attached hydrogens (tertiary/aromatic N) is 5. The molecule has 1 aliphatic heterocycles. The Balaban J connectivity index is 1.78. The van der Waals surface area contributed by atoms with Gasteiger partial charge >= 0.3 is 0 Å². The number of carbonyl (C=O) groups excluding carboxylic acids is 1. The van der Waals surface area contributed by atoms with Gasteiger partial charge in [-0.1, -0.05) is 12.1 Å². The highest BCUT2D eigenvalue weighted by Crippen LogP contribution is 2.45. The van der Waals surface area contributed by atoms with Crippen LogP contribution >= 0.6 is 0 Å². The molecule has 9 nitrogen and oxygen atoms in total. The van der Waals surface area contributed by atoms with Gasteiger partial charge in [0.2, 0.25) is 11.7 Å². The van der Waals surface area contributed by atoms with Gasteiger partial charge in [-0.3, -0.25) is 9.78 Å². The van der Waals surface area contributed by atoms with Crippen molar-refractivity contribution in [3.63, 3.8) is 0 Å². The Labute approximate surface area is 189 Å². The summed E-state index contributed by atoms with van der Waals surface area (Å²) in [5.74, 6) is 1.88. The van der Waals surface area contributed by atoms with Crippen molar-refractivity contribution in [2.75, 3.05) is 14.2 Å². The van der Waals surface area contributed by atoms with Crippen LogP contribution in [0.15, 0.2) is 60.3 Å². The molecule has 0 saturated heterocycles. The summed E-state index contributed by atoms with van der Waals surface area (Å²) in [5.41, 5.74) is 3.15. The third-order valence-corrected chi connectivity index (χ3v) is 5.61. The van der Waals surface area contributed by atoms with Crippen molar-refractivity contribution < 1.29 is 19.0 Å². The van der Waals surface area contributed by atoms with Gasteiger partial charge in [0.15, 0.2) is 22.9 Å². The lowest BCUT2D eigenvalue weighted by molar-refractivity contribution is -0.114. The molecule has 166 valence electrons. The summed E-state index contributed by atoms with van der Waals surface area (Å²) in [6.07, 6.45) is 3.23. The number of pyridine rings is 1. The molecule has 0 radical (unpaired) electrons. The quantitative estimate of drug-likeness (QED) is 0.461. The number of Topliss-reactive ketones (excluding diaryl/α,β-unsaturated/α-hetero) is 1. The molecule has 1 aromatic carbocycles. The zero-order valence-corrected chi connectivity index (χ0v) is 18.6. The van der Waals surface area contributed by atoms with Crippen molar-refractivity contribution in [1.82, 2.24) is 24.6 Å². The van der Waals surface area contributed by atoms with Crippen molar-refractivity contribution in [3.8, 4) is 28.9 Å². The maximum atomic E-state index is 12.8. The molecule has 0 saturated carbocycles. The van der Waals surface area contributed by atoms with Crippen LogP contribution in [0.25, 0.3) is 17.2 Å². The predicted molar refractivity (Wildman–Crippen MR) is 119 cm³/mol. The van der Waals surface area contributed by atoms with Crippen LogP contribution in [0.3, 0.4) is 0 Å². The van der Waals surface area contributed by atoms with Crippen molar-refractivity contribution in [2.24, 2.45) is 0 Å². The van der Waals surface area contributed by atoms with E-state index in [0.29, 0.717) is 51.4 Å². The topological polar surface area (TPSA) is 101 Å². The molecule has 33 heavy (non-hydrogen) atoms. The normalized spacial score (nSPS) is 15.2. The van der Waals surface area contributed by atoms with Gasteiger partial charge in [0.1, 0.15) is 17.8 Å². The summed E-state index contributed by atoms with van der Waals surface area (Å²) < 4.78 is 18.5. The third kappa shape index (κ3) is 3.38. The number of fused-ring (bicyclic) bond motifs is 3. The molecule has 0 amide bonds. The van der Waals surface area contributed by atoms with E-state index in [9.17, 15) is 4.79 Å². The fourth-order valence-corrected chi connectivity index (χ4v) is 4.16. The predicted octanol–water partition coefficient (Wildman–Crippen LogP) is 3.59. The van der Waals surface area contributed by atoms with E-state index in [1.165, 1.54) is 6.92 Å². The van der Waals surface area contributed by atoms with Crippen LogP contribution in [-0.2, 0) is 4.79 Å². The van der Waals surface area contributed by atoms with Gasteiger partial charge < -0.3 is 14.2 Å². The van der Waals surface area contributed by atoms with Crippen molar-refractivity contribution >= 4 is 11.4 Å². The number of ketones is 1. The Morgan fingerprint density at radius 1 is 1.09 bits per heavy atom. The van der Waals surface area contributed by atoms with Crippen molar-refractivity contribution in [2.45, 2.75) is 19.8 Å². The molecule has 1 aliphatic rings. The number of ether oxygens (including phenoxy) is 3. The fourth-order valence-electron chi connectivity index (χ4n) is 4.16. The van der Waals surface area contributed by atoms with Crippen LogP contribution in [0.2, 0.25) is 0 Å². The first-order valence-electron chi connectivity index (χ1n) is 10.3. The summed E-state index contributed by atoms with van der Waals surface area (Å²) >= 11 is 0. The summed E-state index contributed by atoms with van der Waals surface area (Å²) in [7, 11) is 3.15. The number of carbonyl (C=O) groups is 1. The summed E-state index contributed by atoms with van der Waals surface area (Å²) in [4.78, 5) is 26.3. The lowest BCUT2D eigenvalue weighted by atomic mass is 9.81. The van der Waals surface area contributed by atoms with Crippen LogP contribution in [0.5, 0.6) is 17.4 Å². The number of hydrogen-bond acceptors (Lipinski definition) is 8. The third-order valence-electron chi connectivity index (χ3n) is 5.61. The minimum absolute atomic E-state index is 0.107. The largest absolute Gasteiger partial charge is 0.493 e. The molecule has 4 heterocycles. The molecule has 3 aromatic heterocycles. The van der Waals surface area contributed by atoms with Crippen molar-refractivity contribution in [3.05, 3.63) is 71.4 Å². The second kappa shape index (κ2) is 8.01. The number of rotatable bonds is 5. The van der Waals surface area contributed by atoms with Gasteiger partial charge in [-0.05, 0) is 43.7 Å². The minimum atomic E-state index is -0.483. The van der Waals surface area contributed by atoms with Gasteiger partial charge in [0.25, 0.3) is 0 Å². The van der Waals surface area contributed by atoms with E-state index in [2.05, 4.69) is 15.1 Å². The van der Waals surface area contributed by atoms with Gasteiger partial charge in [-0.2, -0.15) is 0 Å². The Hall–Kier alpha value is -4.27. The summed E-state index contributed by atoms with van der Waals surface area (Å²) in [5, 5.41) is 4.55. The van der Waals surface area contributed by atoms with Crippen LogP contribution in [0.4, 0.5) is 0 Å². The van der Waals surface area contributed by atoms with Gasteiger partial charge in [-0.15, -0.1) is 5.10 Å². The summed E-state index contributed by atoms with van der Waals surface area (Å²) in [6.45, 7) is 3.29. The Bertz CT molecular complexity index is 1410. The molecular weight excluding hydrogens is 422 g/mol. The maximum absolute atomic E-state index is 12.8. The first kappa shape index (κ1) is 20.6. The van der Waals surface area contributed by atoms with Crippen LogP contribution in [0.1, 0.15) is 30.9 Å². The van der Waals surface area contributed by atoms with Gasteiger partial charge in [-0.25, -0.2) is 14.5 Å². The van der Waals surface area contributed by atoms with E-state index in [1.54, 1.807) is 38.2 Å². The van der Waals surface area contributed by atoms with E-state index in [-0.39, 0.29) is 5.78 Å². The fraction of sp³-hybridized carbons (Fsp3) is 0.208. The Morgan fingerprint density at radius 3 is 2.61 bits per heavy atom. The average molecular weight is 443 g/mol. The molecule has 1 unspecified atom stereocenters. The standard InChI is InChI=1S/C24H21N5O4/c1-13(30)19-14(2)33-24-21(20(19)15-8-9-17(31-3)18(11-15)32-4)23-27-22(28-29(23)12-26-24)16-7-5-6-10-25-16/h5-12,20H,1-4H3. The van der Waals surface area contributed by atoms with Crippen LogP contribution in [-0.4, -0.2) is 44.6 Å². The molecule has 0 spiro atoms. The molecule has 1 atom stereocenters. The zero-order valence-electron chi connectivity index (χ0n) is 18.6. The SMILES string of the molecule is COc1ccc(C2C(C(C)=O)=C(C)Oc3ncn4nc(-c5ccccn5)nc4c32)cc1OC. The molecular formula is C24H21N5O4.